The van der Waals surface area contributed by atoms with E-state index in [9.17, 15) is 0 Å². The van der Waals surface area contributed by atoms with Crippen molar-refractivity contribution in [1.82, 2.24) is 10.6 Å². The molecule has 1 radical (unpaired) electrons. The fourth-order valence-corrected chi connectivity index (χ4v) is 0.457. The van der Waals surface area contributed by atoms with Crippen molar-refractivity contribution < 1.29 is 32.7 Å². The molecular weight excluding hydrogens is 165 g/mol. The van der Waals surface area contributed by atoms with Gasteiger partial charge in [-0.25, -0.2) is 0 Å². The van der Waals surface area contributed by atoms with Gasteiger partial charge in [0.2, 0.25) is 0 Å². The first-order valence-corrected chi connectivity index (χ1v) is 2.00. The molecule has 3 heteroatoms. The Balaban J connectivity index is 0.000000360. The van der Waals surface area contributed by atoms with E-state index in [1.807, 2.05) is 0 Å². The summed E-state index contributed by atoms with van der Waals surface area (Å²) >= 11 is 0. The van der Waals surface area contributed by atoms with E-state index in [1.165, 1.54) is 0 Å². The van der Waals surface area contributed by atoms with Gasteiger partial charge >= 0.3 is 0 Å². The summed E-state index contributed by atoms with van der Waals surface area (Å²) in [6, 6.07) is 0. The summed E-state index contributed by atoms with van der Waals surface area (Å²) in [7, 11) is 0. The Morgan fingerprint density at radius 2 is 1.71 bits per heavy atom. The summed E-state index contributed by atoms with van der Waals surface area (Å²) in [5.74, 6) is 0.704. The van der Waals surface area contributed by atoms with E-state index in [0.29, 0.717) is 5.82 Å². The third kappa shape index (κ3) is 2.30. The summed E-state index contributed by atoms with van der Waals surface area (Å²) in [6.45, 7) is 7.16. The van der Waals surface area contributed by atoms with Crippen molar-refractivity contribution in [1.29, 1.82) is 0 Å². The predicted molar refractivity (Wildman–Crippen MR) is 23.8 cm³/mol. The van der Waals surface area contributed by atoms with Crippen LogP contribution in [0.3, 0.4) is 0 Å². The van der Waals surface area contributed by atoms with Crippen LogP contribution in [0.5, 0.6) is 0 Å². The molecule has 0 aromatic carbocycles. The van der Waals surface area contributed by atoms with Crippen LogP contribution < -0.4 is 10.6 Å². The van der Waals surface area contributed by atoms with Gasteiger partial charge in [0.25, 0.3) is 0 Å². The van der Waals surface area contributed by atoms with Gasteiger partial charge in [-0.15, -0.1) is 0 Å². The second-order valence-electron chi connectivity index (χ2n) is 1.27. The minimum absolute atomic E-state index is 0. The molecule has 0 atom stereocenters. The zero-order valence-corrected chi connectivity index (χ0v) is 6.91. The van der Waals surface area contributed by atoms with Crippen LogP contribution in [0.15, 0.2) is 5.82 Å². The van der Waals surface area contributed by atoms with E-state index in [-0.39, 0.29) is 32.7 Å². The quantitative estimate of drug-likeness (QED) is 0.479. The van der Waals surface area contributed by atoms with Crippen LogP contribution in [-0.2, 0) is 32.7 Å². The number of hydrogen-bond acceptors (Lipinski definition) is 2. The molecule has 0 aromatic heterocycles. The molecule has 1 fully saturated rings. The molecule has 1 aliphatic heterocycles. The maximum atomic E-state index is 5.23. The van der Waals surface area contributed by atoms with Gasteiger partial charge in [-0.3, -0.25) is 0 Å². The standard InChI is InChI=1S/C4H7N2.Y/c1-4-5-2-3-6-4;/h1,5-6H,2-3H2;/q-1;. The third-order valence-corrected chi connectivity index (χ3v) is 0.756. The van der Waals surface area contributed by atoms with Crippen molar-refractivity contribution in [3.8, 4) is 0 Å². The van der Waals surface area contributed by atoms with Crippen LogP contribution in [0.4, 0.5) is 0 Å². The summed E-state index contributed by atoms with van der Waals surface area (Å²) in [5, 5.41) is 5.81. The van der Waals surface area contributed by atoms with Gasteiger partial charge in [-0.1, -0.05) is 5.82 Å². The fourth-order valence-electron chi connectivity index (χ4n) is 0.457. The SMILES string of the molecule is [CH-]=C1NCCN1.[Y]. The minimum atomic E-state index is 0. The maximum Gasteiger partial charge on any atom is 0.0305 e. The Bertz CT molecular complexity index is 64.1. The monoisotopic (exact) mass is 172 g/mol. The van der Waals surface area contributed by atoms with Crippen LogP contribution in [0, 0.1) is 6.58 Å². The smallest absolute Gasteiger partial charge is 0.0305 e. The van der Waals surface area contributed by atoms with E-state index in [4.69, 9.17) is 6.58 Å². The molecule has 1 aliphatic rings. The second-order valence-corrected chi connectivity index (χ2v) is 1.27. The largest absolute Gasteiger partial charge is 0.472 e. The van der Waals surface area contributed by atoms with Gasteiger partial charge in [0.05, 0.1) is 0 Å². The van der Waals surface area contributed by atoms with Crippen molar-refractivity contribution in [3.05, 3.63) is 12.4 Å². The Hall–Kier alpha value is 0.444. The topological polar surface area (TPSA) is 24.1 Å². The van der Waals surface area contributed by atoms with Crippen LogP contribution >= 0.6 is 0 Å². The molecule has 0 bridgehead atoms. The van der Waals surface area contributed by atoms with Crippen LogP contribution in [0.25, 0.3) is 0 Å². The molecular formula is C4H7N2Y-. The second kappa shape index (κ2) is 3.45. The van der Waals surface area contributed by atoms with Crippen molar-refractivity contribution in [2.45, 2.75) is 0 Å². The summed E-state index contributed by atoms with van der Waals surface area (Å²) < 4.78 is 0. The Labute approximate surface area is 68.6 Å². The first-order valence-electron chi connectivity index (χ1n) is 2.00. The van der Waals surface area contributed by atoms with Gasteiger partial charge in [0.1, 0.15) is 0 Å². The molecule has 37 valence electrons. The summed E-state index contributed by atoms with van der Waals surface area (Å²) in [5.41, 5.74) is 0. The number of hydrogen-bond donors (Lipinski definition) is 2. The van der Waals surface area contributed by atoms with E-state index in [0.717, 1.165) is 13.1 Å². The van der Waals surface area contributed by atoms with Crippen molar-refractivity contribution in [2.24, 2.45) is 0 Å². The molecule has 2 nitrogen and oxygen atoms in total. The van der Waals surface area contributed by atoms with Crippen LogP contribution in [0.1, 0.15) is 0 Å². The summed E-state index contributed by atoms with van der Waals surface area (Å²) in [6.07, 6.45) is 0. The molecule has 0 aromatic rings. The van der Waals surface area contributed by atoms with E-state index in [2.05, 4.69) is 10.6 Å². The van der Waals surface area contributed by atoms with E-state index in [1.54, 1.807) is 0 Å². The molecule has 0 amide bonds. The minimum Gasteiger partial charge on any atom is -0.472 e. The Morgan fingerprint density at radius 3 is 1.86 bits per heavy atom. The maximum absolute atomic E-state index is 5.23. The van der Waals surface area contributed by atoms with E-state index >= 15 is 0 Å². The first kappa shape index (κ1) is 7.44. The van der Waals surface area contributed by atoms with Gasteiger partial charge < -0.3 is 17.2 Å². The average Bonchev–Trinajstić information content (AvgIpc) is 1.86. The fraction of sp³-hybridized carbons (Fsp3) is 0.500. The van der Waals surface area contributed by atoms with Gasteiger partial charge in [0, 0.05) is 45.8 Å². The van der Waals surface area contributed by atoms with Crippen LogP contribution in [0.2, 0.25) is 0 Å². The third-order valence-electron chi connectivity index (χ3n) is 0.756. The van der Waals surface area contributed by atoms with Gasteiger partial charge in [0.15, 0.2) is 0 Å². The van der Waals surface area contributed by atoms with E-state index < -0.39 is 0 Å². The average molecular weight is 172 g/mol. The summed E-state index contributed by atoms with van der Waals surface area (Å²) in [4.78, 5) is 0. The van der Waals surface area contributed by atoms with Crippen LogP contribution in [-0.4, -0.2) is 13.1 Å². The molecule has 0 aliphatic carbocycles. The number of rotatable bonds is 0. The molecule has 7 heavy (non-hydrogen) atoms. The molecule has 0 saturated carbocycles. The molecule has 1 saturated heterocycles. The molecule has 1 heterocycles. The molecule has 1 rings (SSSR count). The molecule has 2 N–H and O–H groups in total. The number of nitrogens with one attached hydrogen (secondary N) is 2. The normalized spacial score (nSPS) is 16.9. The first-order chi connectivity index (χ1) is 2.89. The predicted octanol–water partition coefficient (Wildman–Crippen LogP) is -0.549. The zero-order chi connectivity index (χ0) is 4.41. The van der Waals surface area contributed by atoms with Crippen molar-refractivity contribution in [3.63, 3.8) is 0 Å². The molecule has 0 spiro atoms. The van der Waals surface area contributed by atoms with Crippen molar-refractivity contribution in [2.75, 3.05) is 13.1 Å². The Kier molecular flexibility index (Phi) is 3.66. The molecule has 0 unspecified atom stereocenters. The Morgan fingerprint density at radius 1 is 1.29 bits per heavy atom. The van der Waals surface area contributed by atoms with Gasteiger partial charge in [-0.2, -0.15) is 0 Å². The van der Waals surface area contributed by atoms with Gasteiger partial charge in [-0.05, 0) is 0 Å². The zero-order valence-electron chi connectivity index (χ0n) is 4.07. The van der Waals surface area contributed by atoms with Crippen molar-refractivity contribution >= 4 is 0 Å².